The van der Waals surface area contributed by atoms with Gasteiger partial charge in [-0.15, -0.1) is 0 Å². The molecule has 0 unspecified atom stereocenters. The molecule has 2 aromatic carbocycles. The van der Waals surface area contributed by atoms with Gasteiger partial charge in [-0.05, 0) is 29.3 Å². The summed E-state index contributed by atoms with van der Waals surface area (Å²) in [5.74, 6) is -3.30. The molecule has 0 spiro atoms. The van der Waals surface area contributed by atoms with Crippen LogP contribution in [0.3, 0.4) is 0 Å². The fourth-order valence-electron chi connectivity index (χ4n) is 3.08. The maximum Gasteiger partial charge on any atom is 0.408 e. The Morgan fingerprint density at radius 3 is 2.36 bits per heavy atom. The molecule has 36 heavy (non-hydrogen) atoms. The number of rotatable bonds is 8. The van der Waals surface area contributed by atoms with Crippen LogP contribution in [0.25, 0.3) is 6.08 Å². The van der Waals surface area contributed by atoms with Crippen molar-refractivity contribution in [1.82, 2.24) is 15.5 Å². The maximum absolute atomic E-state index is 12.7. The first-order valence-corrected chi connectivity index (χ1v) is 10.4. The van der Waals surface area contributed by atoms with Crippen molar-refractivity contribution in [2.75, 3.05) is 6.54 Å². The molecule has 13 heteroatoms. The van der Waals surface area contributed by atoms with Gasteiger partial charge in [0, 0.05) is 5.56 Å². The normalized spacial score (nSPS) is 14.7. The fraction of sp³-hybridized carbons (Fsp3) is 0.130. The zero-order chi connectivity index (χ0) is 26.2. The van der Waals surface area contributed by atoms with Crippen molar-refractivity contribution in [2.45, 2.75) is 12.6 Å². The molecule has 5 amide bonds. The SMILES string of the molecule is NC(N)=NC(=O)c1ccc(/C=C2\NC(=O)N(C[C@H](NC(=O)OCc3ccccc3)C(=O)O)C2=O)cc1. The summed E-state index contributed by atoms with van der Waals surface area (Å²) in [7, 11) is 0. The first-order chi connectivity index (χ1) is 17.1. The van der Waals surface area contributed by atoms with Gasteiger partial charge in [-0.3, -0.25) is 14.5 Å². The molecule has 1 saturated heterocycles. The highest BCUT2D eigenvalue weighted by Gasteiger charge is 2.37. The molecule has 1 atom stereocenters. The third-order valence-electron chi connectivity index (χ3n) is 4.83. The molecule has 1 heterocycles. The van der Waals surface area contributed by atoms with Gasteiger partial charge in [0.05, 0.1) is 6.54 Å². The van der Waals surface area contributed by atoms with Gasteiger partial charge in [-0.1, -0.05) is 42.5 Å². The molecule has 0 bridgehead atoms. The largest absolute Gasteiger partial charge is 0.480 e. The molecule has 7 N–H and O–H groups in total. The van der Waals surface area contributed by atoms with Gasteiger partial charge in [0.1, 0.15) is 18.3 Å². The summed E-state index contributed by atoms with van der Waals surface area (Å²) in [5, 5.41) is 13.9. The van der Waals surface area contributed by atoms with Crippen LogP contribution in [-0.4, -0.2) is 58.5 Å². The van der Waals surface area contributed by atoms with E-state index in [0.717, 1.165) is 0 Å². The minimum absolute atomic E-state index is 0.0919. The van der Waals surface area contributed by atoms with E-state index < -0.39 is 42.5 Å². The summed E-state index contributed by atoms with van der Waals surface area (Å²) in [6.07, 6.45) is 0.316. The number of alkyl carbamates (subject to hydrolysis) is 1. The van der Waals surface area contributed by atoms with Gasteiger partial charge < -0.3 is 31.9 Å². The number of ether oxygens (including phenoxy) is 1. The number of urea groups is 1. The number of nitrogens with one attached hydrogen (secondary N) is 2. The number of nitrogens with two attached hydrogens (primary N) is 2. The van der Waals surface area contributed by atoms with Crippen LogP contribution in [0, 0.1) is 0 Å². The molecule has 0 aliphatic carbocycles. The average molecular weight is 494 g/mol. The molecular formula is C23H22N6O7. The van der Waals surface area contributed by atoms with Crippen molar-refractivity contribution < 1.29 is 33.8 Å². The highest BCUT2D eigenvalue weighted by molar-refractivity contribution is 6.14. The predicted octanol–water partition coefficient (Wildman–Crippen LogP) is 0.373. The Hall–Kier alpha value is -5.20. The molecular weight excluding hydrogens is 472 g/mol. The first-order valence-electron chi connectivity index (χ1n) is 10.4. The molecule has 0 aromatic heterocycles. The fourth-order valence-corrected chi connectivity index (χ4v) is 3.08. The minimum Gasteiger partial charge on any atom is -0.480 e. The van der Waals surface area contributed by atoms with Gasteiger partial charge in [0.25, 0.3) is 11.8 Å². The zero-order valence-corrected chi connectivity index (χ0v) is 18.7. The Morgan fingerprint density at radius 2 is 1.75 bits per heavy atom. The number of aliphatic carboxylic acids is 1. The van der Waals surface area contributed by atoms with Crippen LogP contribution in [0.5, 0.6) is 0 Å². The van der Waals surface area contributed by atoms with Crippen LogP contribution < -0.4 is 22.1 Å². The lowest BCUT2D eigenvalue weighted by Crippen LogP contribution is -2.50. The predicted molar refractivity (Wildman–Crippen MR) is 126 cm³/mol. The van der Waals surface area contributed by atoms with Crippen molar-refractivity contribution >= 4 is 41.9 Å². The van der Waals surface area contributed by atoms with E-state index in [4.69, 9.17) is 16.2 Å². The summed E-state index contributed by atoms with van der Waals surface area (Å²) in [5.41, 5.74) is 11.6. The van der Waals surface area contributed by atoms with E-state index in [1.807, 2.05) is 0 Å². The topological polar surface area (TPSA) is 207 Å². The number of benzene rings is 2. The molecule has 13 nitrogen and oxygen atoms in total. The number of carbonyl (C=O) groups is 5. The Balaban J connectivity index is 1.64. The van der Waals surface area contributed by atoms with Crippen LogP contribution in [0.1, 0.15) is 21.5 Å². The number of carboxylic acids is 1. The number of carboxylic acid groups (broad SMARTS) is 1. The smallest absolute Gasteiger partial charge is 0.408 e. The van der Waals surface area contributed by atoms with E-state index in [2.05, 4.69) is 15.6 Å². The summed E-state index contributed by atoms with van der Waals surface area (Å²) in [6.45, 7) is -0.727. The second-order valence-electron chi connectivity index (χ2n) is 7.46. The highest BCUT2D eigenvalue weighted by Crippen LogP contribution is 2.16. The van der Waals surface area contributed by atoms with Gasteiger partial charge in [0.2, 0.25) is 0 Å². The van der Waals surface area contributed by atoms with E-state index in [1.165, 1.54) is 30.3 Å². The number of nitrogens with zero attached hydrogens (tertiary/aromatic N) is 2. The van der Waals surface area contributed by atoms with Crippen molar-refractivity contribution in [3.63, 3.8) is 0 Å². The van der Waals surface area contributed by atoms with Gasteiger partial charge >= 0.3 is 18.1 Å². The van der Waals surface area contributed by atoms with E-state index in [0.29, 0.717) is 16.0 Å². The van der Waals surface area contributed by atoms with Crippen molar-refractivity contribution in [1.29, 1.82) is 0 Å². The van der Waals surface area contributed by atoms with Crippen LogP contribution in [0.2, 0.25) is 0 Å². The number of amides is 5. The van der Waals surface area contributed by atoms with Crippen LogP contribution in [-0.2, 0) is 20.9 Å². The summed E-state index contributed by atoms with van der Waals surface area (Å²) < 4.78 is 5.00. The molecule has 2 aromatic rings. The third-order valence-corrected chi connectivity index (χ3v) is 4.83. The second kappa shape index (κ2) is 11.3. The molecule has 0 radical (unpaired) electrons. The van der Waals surface area contributed by atoms with Crippen LogP contribution >= 0.6 is 0 Å². The Morgan fingerprint density at radius 1 is 1.08 bits per heavy atom. The Labute approximate surface area is 204 Å². The lowest BCUT2D eigenvalue weighted by Gasteiger charge is -2.19. The first kappa shape index (κ1) is 25.4. The summed E-state index contributed by atoms with van der Waals surface area (Å²) in [6, 6.07) is 12.1. The maximum atomic E-state index is 12.7. The molecule has 1 fully saturated rings. The molecule has 186 valence electrons. The molecule has 1 aliphatic heterocycles. The van der Waals surface area contributed by atoms with Crippen molar-refractivity contribution in [2.24, 2.45) is 16.5 Å². The van der Waals surface area contributed by atoms with E-state index in [-0.39, 0.29) is 23.8 Å². The zero-order valence-electron chi connectivity index (χ0n) is 18.7. The number of guanidine groups is 1. The standard InChI is InChI=1S/C23H22N6O7/c24-21(25)28-18(30)15-8-6-13(7-9-15)10-16-19(31)29(22(34)26-16)11-17(20(32)33)27-23(35)36-12-14-4-2-1-3-5-14/h1-10,17H,11-12H2,(H,26,34)(H,27,35)(H,32,33)(H4,24,25,28,30)/b16-10-/t17-/m0/s1. The average Bonchev–Trinajstić information content (AvgIpc) is 3.10. The minimum atomic E-state index is -1.61. The van der Waals surface area contributed by atoms with E-state index in [1.54, 1.807) is 30.3 Å². The lowest BCUT2D eigenvalue weighted by molar-refractivity contribution is -0.140. The quantitative estimate of drug-likeness (QED) is 0.148. The third kappa shape index (κ3) is 6.66. The molecule has 3 rings (SSSR count). The summed E-state index contributed by atoms with van der Waals surface area (Å²) in [4.78, 5) is 64.6. The summed E-state index contributed by atoms with van der Waals surface area (Å²) >= 11 is 0. The number of hydrogen-bond acceptors (Lipinski definition) is 6. The Bertz CT molecular complexity index is 1240. The van der Waals surface area contributed by atoms with Crippen LogP contribution in [0.15, 0.2) is 65.3 Å². The Kier molecular flexibility index (Phi) is 7.97. The highest BCUT2D eigenvalue weighted by atomic mass is 16.5. The number of aliphatic imine (C=N–C) groups is 1. The van der Waals surface area contributed by atoms with E-state index in [9.17, 15) is 29.1 Å². The lowest BCUT2D eigenvalue weighted by atomic mass is 10.1. The van der Waals surface area contributed by atoms with Gasteiger partial charge in [-0.25, -0.2) is 14.4 Å². The molecule has 1 aliphatic rings. The number of carbonyl (C=O) groups excluding carboxylic acids is 4. The van der Waals surface area contributed by atoms with Crippen LogP contribution in [0.4, 0.5) is 9.59 Å². The van der Waals surface area contributed by atoms with Crippen molar-refractivity contribution in [3.05, 3.63) is 77.0 Å². The monoisotopic (exact) mass is 494 g/mol. The van der Waals surface area contributed by atoms with Crippen molar-refractivity contribution in [3.8, 4) is 0 Å². The second-order valence-corrected chi connectivity index (χ2v) is 7.46. The number of hydrogen-bond donors (Lipinski definition) is 5. The van der Waals surface area contributed by atoms with E-state index >= 15 is 0 Å². The van der Waals surface area contributed by atoms with Gasteiger partial charge in [-0.2, -0.15) is 4.99 Å². The van der Waals surface area contributed by atoms with Gasteiger partial charge in [0.15, 0.2) is 5.96 Å². The number of imide groups is 1. The molecule has 0 saturated carbocycles.